The quantitative estimate of drug-likeness (QED) is 0.801. The van der Waals surface area contributed by atoms with Crippen molar-refractivity contribution in [2.24, 2.45) is 5.73 Å². The predicted octanol–water partition coefficient (Wildman–Crippen LogP) is 2.50. The molecular formula is C13H19F2NO3S. The van der Waals surface area contributed by atoms with Gasteiger partial charge in [-0.05, 0) is 30.5 Å². The van der Waals surface area contributed by atoms with Crippen molar-refractivity contribution in [2.75, 3.05) is 11.5 Å². The van der Waals surface area contributed by atoms with E-state index in [-0.39, 0.29) is 23.3 Å². The van der Waals surface area contributed by atoms with E-state index in [0.29, 0.717) is 12.8 Å². The Bertz CT molecular complexity index is 503. The van der Waals surface area contributed by atoms with Gasteiger partial charge in [0.1, 0.15) is 15.6 Å². The van der Waals surface area contributed by atoms with Crippen molar-refractivity contribution in [3.63, 3.8) is 0 Å². The lowest BCUT2D eigenvalue weighted by atomic mass is 10.0. The van der Waals surface area contributed by atoms with Crippen LogP contribution < -0.4 is 10.5 Å². The standard InChI is InChI=1S/C13H19F2NO3S/c1-2-20(17,18)9-3-4-12(16)10-5-7-11(8-6-10)19-13(14)15/h5-8,12-13H,2-4,9,16H2,1H3. The summed E-state index contributed by atoms with van der Waals surface area (Å²) in [4.78, 5) is 0. The van der Waals surface area contributed by atoms with Gasteiger partial charge in [-0.2, -0.15) is 8.78 Å². The van der Waals surface area contributed by atoms with Crippen LogP contribution in [0.15, 0.2) is 24.3 Å². The van der Waals surface area contributed by atoms with Gasteiger partial charge in [-0.15, -0.1) is 0 Å². The SMILES string of the molecule is CCS(=O)(=O)CCCC(N)c1ccc(OC(F)F)cc1. The summed E-state index contributed by atoms with van der Waals surface area (Å²) in [5, 5.41) is 0. The molecule has 0 bridgehead atoms. The second kappa shape index (κ2) is 7.54. The van der Waals surface area contributed by atoms with Crippen molar-refractivity contribution < 1.29 is 21.9 Å². The Morgan fingerprint density at radius 1 is 1.25 bits per heavy atom. The van der Waals surface area contributed by atoms with Gasteiger partial charge in [0, 0.05) is 11.8 Å². The molecule has 0 fully saturated rings. The molecule has 1 aromatic rings. The highest BCUT2D eigenvalue weighted by Gasteiger charge is 2.11. The topological polar surface area (TPSA) is 69.4 Å². The summed E-state index contributed by atoms with van der Waals surface area (Å²) in [6.07, 6.45) is 1.00. The minimum Gasteiger partial charge on any atom is -0.435 e. The fraction of sp³-hybridized carbons (Fsp3) is 0.538. The molecule has 1 atom stereocenters. The van der Waals surface area contributed by atoms with Crippen LogP contribution in [0.4, 0.5) is 8.78 Å². The molecule has 20 heavy (non-hydrogen) atoms. The molecule has 2 N–H and O–H groups in total. The highest BCUT2D eigenvalue weighted by Crippen LogP contribution is 2.21. The Balaban J connectivity index is 2.49. The van der Waals surface area contributed by atoms with Gasteiger partial charge in [0.15, 0.2) is 0 Å². The van der Waals surface area contributed by atoms with Crippen LogP contribution in [0.1, 0.15) is 31.4 Å². The van der Waals surface area contributed by atoms with Crippen molar-refractivity contribution in [1.29, 1.82) is 0 Å². The minimum absolute atomic E-state index is 0.0736. The number of ether oxygens (including phenoxy) is 1. The fourth-order valence-corrected chi connectivity index (χ4v) is 2.63. The summed E-state index contributed by atoms with van der Waals surface area (Å²) in [6, 6.07) is 5.74. The van der Waals surface area contributed by atoms with Crippen LogP contribution >= 0.6 is 0 Å². The zero-order chi connectivity index (χ0) is 15.2. The molecule has 0 aliphatic heterocycles. The molecule has 0 radical (unpaired) electrons. The average Bonchev–Trinajstić information content (AvgIpc) is 2.38. The van der Waals surface area contributed by atoms with E-state index >= 15 is 0 Å². The van der Waals surface area contributed by atoms with Crippen molar-refractivity contribution in [3.8, 4) is 5.75 Å². The number of benzene rings is 1. The Morgan fingerprint density at radius 3 is 2.35 bits per heavy atom. The number of hydrogen-bond donors (Lipinski definition) is 1. The van der Waals surface area contributed by atoms with Crippen molar-refractivity contribution in [1.82, 2.24) is 0 Å². The zero-order valence-corrected chi connectivity index (χ0v) is 12.1. The third-order valence-corrected chi connectivity index (χ3v) is 4.73. The molecule has 1 aromatic carbocycles. The lowest BCUT2D eigenvalue weighted by molar-refractivity contribution is -0.0498. The van der Waals surface area contributed by atoms with E-state index in [1.54, 1.807) is 19.1 Å². The molecule has 0 aliphatic rings. The molecule has 0 aromatic heterocycles. The smallest absolute Gasteiger partial charge is 0.387 e. The molecule has 1 rings (SSSR count). The predicted molar refractivity (Wildman–Crippen MR) is 73.6 cm³/mol. The van der Waals surface area contributed by atoms with Gasteiger partial charge in [0.2, 0.25) is 0 Å². The van der Waals surface area contributed by atoms with E-state index in [1.165, 1.54) is 12.1 Å². The maximum absolute atomic E-state index is 12.0. The molecular weight excluding hydrogens is 288 g/mol. The second-order valence-electron chi connectivity index (χ2n) is 4.43. The first-order valence-corrected chi connectivity index (χ1v) is 8.17. The summed E-state index contributed by atoms with van der Waals surface area (Å²) in [5.74, 6) is 0.315. The molecule has 0 saturated carbocycles. The number of hydrogen-bond acceptors (Lipinski definition) is 4. The first-order valence-electron chi connectivity index (χ1n) is 6.35. The van der Waals surface area contributed by atoms with Crippen LogP contribution in [0.3, 0.4) is 0 Å². The third kappa shape index (κ3) is 5.83. The van der Waals surface area contributed by atoms with Crippen LogP contribution in [0, 0.1) is 0 Å². The van der Waals surface area contributed by atoms with Crippen LogP contribution in [0.2, 0.25) is 0 Å². The minimum atomic E-state index is -2.98. The van der Waals surface area contributed by atoms with Crippen LogP contribution in [0.25, 0.3) is 0 Å². The van der Waals surface area contributed by atoms with Crippen LogP contribution in [-0.4, -0.2) is 26.5 Å². The molecule has 7 heteroatoms. The highest BCUT2D eigenvalue weighted by atomic mass is 32.2. The summed E-state index contributed by atoms with van der Waals surface area (Å²) in [5.41, 5.74) is 6.70. The maximum Gasteiger partial charge on any atom is 0.387 e. The van der Waals surface area contributed by atoms with Crippen LogP contribution in [-0.2, 0) is 9.84 Å². The molecule has 1 unspecified atom stereocenters. The van der Waals surface area contributed by atoms with Gasteiger partial charge in [-0.1, -0.05) is 19.1 Å². The summed E-state index contributed by atoms with van der Waals surface area (Å²) >= 11 is 0. The molecule has 0 spiro atoms. The van der Waals surface area contributed by atoms with Crippen molar-refractivity contribution in [3.05, 3.63) is 29.8 Å². The Labute approximate surface area is 117 Å². The molecule has 114 valence electrons. The maximum atomic E-state index is 12.0. The normalized spacial score (nSPS) is 13.4. The Morgan fingerprint density at radius 2 is 1.85 bits per heavy atom. The summed E-state index contributed by atoms with van der Waals surface area (Å²) in [7, 11) is -2.98. The van der Waals surface area contributed by atoms with Crippen molar-refractivity contribution in [2.45, 2.75) is 32.4 Å². The number of nitrogens with two attached hydrogens (primary N) is 1. The van der Waals surface area contributed by atoms with Crippen LogP contribution in [0.5, 0.6) is 5.75 Å². The molecule has 4 nitrogen and oxygen atoms in total. The van der Waals surface area contributed by atoms with Crippen molar-refractivity contribution >= 4 is 9.84 Å². The Kier molecular flexibility index (Phi) is 6.35. The highest BCUT2D eigenvalue weighted by molar-refractivity contribution is 7.91. The van der Waals surface area contributed by atoms with Gasteiger partial charge in [-0.25, -0.2) is 8.42 Å². The summed E-state index contributed by atoms with van der Waals surface area (Å²) < 4.78 is 50.9. The van der Waals surface area contributed by atoms with Gasteiger partial charge >= 0.3 is 6.61 Å². The first-order chi connectivity index (χ1) is 9.34. The monoisotopic (exact) mass is 307 g/mol. The number of halogens is 2. The van der Waals surface area contributed by atoms with Gasteiger partial charge in [-0.3, -0.25) is 0 Å². The number of sulfone groups is 1. The lowest BCUT2D eigenvalue weighted by Gasteiger charge is -2.12. The third-order valence-electron chi connectivity index (χ3n) is 2.94. The molecule has 0 heterocycles. The van der Waals surface area contributed by atoms with Gasteiger partial charge in [0.25, 0.3) is 0 Å². The molecule has 0 saturated heterocycles. The lowest BCUT2D eigenvalue weighted by Crippen LogP contribution is -2.14. The fourth-order valence-electron chi connectivity index (χ4n) is 1.73. The Hall–Kier alpha value is -1.21. The van der Waals surface area contributed by atoms with E-state index in [0.717, 1.165) is 5.56 Å². The van der Waals surface area contributed by atoms with E-state index in [4.69, 9.17) is 5.73 Å². The zero-order valence-electron chi connectivity index (χ0n) is 11.3. The van der Waals surface area contributed by atoms with Gasteiger partial charge in [0.05, 0.1) is 5.75 Å². The van der Waals surface area contributed by atoms with E-state index in [2.05, 4.69) is 4.74 Å². The number of rotatable bonds is 8. The average molecular weight is 307 g/mol. The number of alkyl halides is 2. The second-order valence-corrected chi connectivity index (χ2v) is 6.91. The van der Waals surface area contributed by atoms with E-state index < -0.39 is 16.4 Å². The summed E-state index contributed by atoms with van der Waals surface area (Å²) in [6.45, 7) is -1.24. The van der Waals surface area contributed by atoms with E-state index in [1.807, 2.05) is 0 Å². The van der Waals surface area contributed by atoms with Gasteiger partial charge < -0.3 is 10.5 Å². The van der Waals surface area contributed by atoms with E-state index in [9.17, 15) is 17.2 Å². The largest absolute Gasteiger partial charge is 0.435 e. The molecule has 0 aliphatic carbocycles. The first kappa shape index (κ1) is 16.8. The molecule has 0 amide bonds.